The summed E-state index contributed by atoms with van der Waals surface area (Å²) in [7, 11) is 0. The molecule has 0 spiro atoms. The second-order valence-electron chi connectivity index (χ2n) is 7.34. The van der Waals surface area contributed by atoms with E-state index in [0.717, 1.165) is 34.5 Å². The minimum atomic E-state index is -0.376. The van der Waals surface area contributed by atoms with Gasteiger partial charge in [0.2, 0.25) is 0 Å². The summed E-state index contributed by atoms with van der Waals surface area (Å²) in [6, 6.07) is 13.8. The van der Waals surface area contributed by atoms with Crippen LogP contribution in [0.3, 0.4) is 0 Å². The van der Waals surface area contributed by atoms with E-state index in [1.54, 1.807) is 0 Å². The lowest BCUT2D eigenvalue weighted by molar-refractivity contribution is -0.120. The maximum Gasteiger partial charge on any atom is 0.254 e. The first-order valence-electron chi connectivity index (χ1n) is 9.10. The zero-order valence-electron chi connectivity index (χ0n) is 15.1. The molecule has 1 saturated carbocycles. The molecular weight excluding hydrogens is 324 g/mol. The number of carbonyl (C=O) groups excluding carboxylic acids is 2. The van der Waals surface area contributed by atoms with Crippen LogP contribution in [0.2, 0.25) is 0 Å². The Morgan fingerprint density at radius 1 is 1.12 bits per heavy atom. The predicted octanol–water partition coefficient (Wildman–Crippen LogP) is 2.16. The highest BCUT2D eigenvalue weighted by molar-refractivity contribution is 5.95. The SMILES string of the molecule is Cc1cccc(C(=O)N(CC2C=c3cc(C)ccc3=NC2=O)C2CC2)c1. The molecule has 4 rings (SSSR count). The molecule has 4 heteroatoms. The molecule has 1 fully saturated rings. The fourth-order valence-corrected chi connectivity index (χ4v) is 3.47. The molecule has 0 radical (unpaired) electrons. The second kappa shape index (κ2) is 6.52. The van der Waals surface area contributed by atoms with Crippen molar-refractivity contribution in [3.05, 3.63) is 69.7 Å². The lowest BCUT2D eigenvalue weighted by atomic mass is 10.0. The van der Waals surface area contributed by atoms with Crippen LogP contribution in [0.15, 0.2) is 47.5 Å². The highest BCUT2D eigenvalue weighted by Gasteiger charge is 2.35. The largest absolute Gasteiger partial charge is 0.335 e. The molecule has 0 N–H and O–H groups in total. The highest BCUT2D eigenvalue weighted by Crippen LogP contribution is 2.29. The van der Waals surface area contributed by atoms with Crippen molar-refractivity contribution in [2.24, 2.45) is 10.9 Å². The number of carbonyl (C=O) groups is 2. The van der Waals surface area contributed by atoms with Gasteiger partial charge in [-0.05, 0) is 50.1 Å². The van der Waals surface area contributed by atoms with Crippen LogP contribution in [0.4, 0.5) is 0 Å². The van der Waals surface area contributed by atoms with Gasteiger partial charge in [0.15, 0.2) is 0 Å². The quantitative estimate of drug-likeness (QED) is 0.852. The summed E-state index contributed by atoms with van der Waals surface area (Å²) in [6.07, 6.45) is 3.98. The van der Waals surface area contributed by atoms with Crippen molar-refractivity contribution < 1.29 is 9.59 Å². The average Bonchev–Trinajstić information content (AvgIpc) is 3.44. The summed E-state index contributed by atoms with van der Waals surface area (Å²) in [4.78, 5) is 31.6. The third-order valence-corrected chi connectivity index (χ3v) is 5.02. The van der Waals surface area contributed by atoms with Crippen molar-refractivity contribution in [3.63, 3.8) is 0 Å². The van der Waals surface area contributed by atoms with Crippen LogP contribution in [0, 0.1) is 19.8 Å². The average molecular weight is 346 g/mol. The van der Waals surface area contributed by atoms with E-state index in [9.17, 15) is 9.59 Å². The molecule has 0 saturated heterocycles. The van der Waals surface area contributed by atoms with Gasteiger partial charge in [0.25, 0.3) is 11.8 Å². The van der Waals surface area contributed by atoms with Gasteiger partial charge in [-0.1, -0.05) is 41.5 Å². The summed E-state index contributed by atoms with van der Waals surface area (Å²) in [5.41, 5.74) is 2.89. The summed E-state index contributed by atoms with van der Waals surface area (Å²) in [5.74, 6) is -0.532. The maximum absolute atomic E-state index is 13.0. The van der Waals surface area contributed by atoms with E-state index >= 15 is 0 Å². The van der Waals surface area contributed by atoms with E-state index in [-0.39, 0.29) is 23.8 Å². The molecule has 2 aromatic rings. The third-order valence-electron chi connectivity index (χ3n) is 5.02. The minimum Gasteiger partial charge on any atom is -0.335 e. The first-order chi connectivity index (χ1) is 12.5. The number of benzene rings is 2. The van der Waals surface area contributed by atoms with E-state index < -0.39 is 0 Å². The maximum atomic E-state index is 13.0. The Kier molecular flexibility index (Phi) is 4.19. The van der Waals surface area contributed by atoms with Crippen LogP contribution in [-0.2, 0) is 4.79 Å². The van der Waals surface area contributed by atoms with E-state index in [4.69, 9.17) is 0 Å². The zero-order chi connectivity index (χ0) is 18.3. The van der Waals surface area contributed by atoms with Crippen molar-refractivity contribution in [2.75, 3.05) is 6.54 Å². The molecule has 1 unspecified atom stereocenters. The van der Waals surface area contributed by atoms with Gasteiger partial charge in [-0.2, -0.15) is 0 Å². The van der Waals surface area contributed by atoms with Crippen molar-refractivity contribution in [1.29, 1.82) is 0 Å². The fraction of sp³-hybridized carbons (Fsp3) is 0.318. The topological polar surface area (TPSA) is 49.7 Å². The normalized spacial score (nSPS) is 18.5. The Bertz CT molecular complexity index is 1010. The molecule has 1 atom stereocenters. The van der Waals surface area contributed by atoms with E-state index in [1.165, 1.54) is 0 Å². The van der Waals surface area contributed by atoms with Gasteiger partial charge in [-0.25, -0.2) is 4.99 Å². The van der Waals surface area contributed by atoms with Crippen molar-refractivity contribution in [2.45, 2.75) is 32.7 Å². The Hall–Kier alpha value is -2.75. The van der Waals surface area contributed by atoms with E-state index in [0.29, 0.717) is 12.1 Å². The van der Waals surface area contributed by atoms with Gasteiger partial charge < -0.3 is 4.90 Å². The van der Waals surface area contributed by atoms with Crippen molar-refractivity contribution in [3.8, 4) is 0 Å². The molecule has 132 valence electrons. The van der Waals surface area contributed by atoms with Crippen molar-refractivity contribution >= 4 is 17.9 Å². The number of nitrogens with zero attached hydrogens (tertiary/aromatic N) is 2. The van der Waals surface area contributed by atoms with Crippen molar-refractivity contribution in [1.82, 2.24) is 4.90 Å². The molecule has 2 aromatic carbocycles. The van der Waals surface area contributed by atoms with Gasteiger partial charge in [-0.15, -0.1) is 0 Å². The van der Waals surface area contributed by atoms with Crippen LogP contribution in [-0.4, -0.2) is 29.3 Å². The highest BCUT2D eigenvalue weighted by atomic mass is 16.2. The Morgan fingerprint density at radius 3 is 2.62 bits per heavy atom. The Morgan fingerprint density at radius 2 is 1.88 bits per heavy atom. The minimum absolute atomic E-state index is 0.00689. The van der Waals surface area contributed by atoms with Crippen LogP contribution >= 0.6 is 0 Å². The summed E-state index contributed by atoms with van der Waals surface area (Å²) in [6.45, 7) is 4.40. The number of rotatable bonds is 4. The number of fused-ring (bicyclic) bond motifs is 1. The molecule has 26 heavy (non-hydrogen) atoms. The summed E-state index contributed by atoms with van der Waals surface area (Å²) < 4.78 is 0. The molecule has 0 bridgehead atoms. The number of aryl methyl sites for hydroxylation is 2. The number of hydrogen-bond donors (Lipinski definition) is 0. The molecule has 0 aromatic heterocycles. The predicted molar refractivity (Wildman–Crippen MR) is 100 cm³/mol. The smallest absolute Gasteiger partial charge is 0.254 e. The second-order valence-corrected chi connectivity index (χ2v) is 7.34. The number of hydrogen-bond acceptors (Lipinski definition) is 2. The Labute approximate surface area is 152 Å². The van der Waals surface area contributed by atoms with Crippen LogP contribution in [0.5, 0.6) is 0 Å². The van der Waals surface area contributed by atoms with Crippen LogP contribution in [0.1, 0.15) is 34.3 Å². The van der Waals surface area contributed by atoms with E-state index in [1.807, 2.05) is 67.3 Å². The molecule has 1 aliphatic carbocycles. The number of amides is 2. The molecular formula is C22H22N2O2. The van der Waals surface area contributed by atoms with Gasteiger partial charge in [0.05, 0.1) is 11.3 Å². The lowest BCUT2D eigenvalue weighted by Gasteiger charge is -2.26. The molecule has 2 aliphatic rings. The van der Waals surface area contributed by atoms with Crippen LogP contribution < -0.4 is 10.6 Å². The molecule has 2 amide bonds. The third kappa shape index (κ3) is 3.32. The fourth-order valence-electron chi connectivity index (χ4n) is 3.47. The molecule has 1 heterocycles. The lowest BCUT2D eigenvalue weighted by Crippen LogP contribution is -2.42. The first-order valence-corrected chi connectivity index (χ1v) is 9.10. The summed E-state index contributed by atoms with van der Waals surface area (Å²) in [5, 5.41) is 1.70. The monoisotopic (exact) mass is 346 g/mol. The first kappa shape index (κ1) is 16.7. The summed E-state index contributed by atoms with van der Waals surface area (Å²) >= 11 is 0. The molecule has 1 aliphatic heterocycles. The Balaban J connectivity index is 1.63. The van der Waals surface area contributed by atoms with Gasteiger partial charge >= 0.3 is 0 Å². The molecule has 4 nitrogen and oxygen atoms in total. The van der Waals surface area contributed by atoms with Crippen LogP contribution in [0.25, 0.3) is 6.08 Å². The zero-order valence-corrected chi connectivity index (χ0v) is 15.1. The van der Waals surface area contributed by atoms with Gasteiger partial charge in [0, 0.05) is 18.2 Å². The van der Waals surface area contributed by atoms with E-state index in [2.05, 4.69) is 4.99 Å². The van der Waals surface area contributed by atoms with Gasteiger partial charge in [-0.3, -0.25) is 9.59 Å². The van der Waals surface area contributed by atoms with Gasteiger partial charge in [0.1, 0.15) is 0 Å². The standard InChI is InChI=1S/C22H22N2O2/c1-14-4-3-5-16(10-14)22(26)24(19-7-8-19)13-18-12-17-11-15(2)6-9-20(17)23-21(18)25/h3-6,9-12,18-19H,7-8,13H2,1-2H3.